The maximum atomic E-state index is 12.3. The maximum Gasteiger partial charge on any atom is 0.354 e. The molecule has 0 saturated heterocycles. The van der Waals surface area contributed by atoms with E-state index in [0.717, 1.165) is 17.3 Å². The third kappa shape index (κ3) is 2.97. The maximum absolute atomic E-state index is 12.3. The molecule has 0 atom stereocenters. The van der Waals surface area contributed by atoms with Crippen molar-refractivity contribution in [2.24, 2.45) is 0 Å². The van der Waals surface area contributed by atoms with Crippen molar-refractivity contribution in [3.8, 4) is 0 Å². The van der Waals surface area contributed by atoms with Crippen LogP contribution in [0.15, 0.2) is 30.0 Å². The van der Waals surface area contributed by atoms with Crippen LogP contribution in [-0.2, 0) is 29.3 Å². The first-order valence-corrected chi connectivity index (χ1v) is 7.30. The first kappa shape index (κ1) is 17.5. The molecule has 2 rings (SSSR count). The van der Waals surface area contributed by atoms with Gasteiger partial charge < -0.3 is 19.7 Å². The summed E-state index contributed by atoms with van der Waals surface area (Å²) in [6, 6.07) is 5.29. The molecule has 1 heterocycles. The first-order chi connectivity index (χ1) is 11.2. The highest BCUT2D eigenvalue weighted by Crippen LogP contribution is 2.42. The number of carbonyl (C=O) groups is 3. The Kier molecular flexibility index (Phi) is 4.64. The number of benzene rings is 1. The number of rotatable bonds is 4. The van der Waals surface area contributed by atoms with Gasteiger partial charge >= 0.3 is 11.9 Å². The molecule has 1 amide bonds. The summed E-state index contributed by atoms with van der Waals surface area (Å²) in [5, 5.41) is 2.85. The van der Waals surface area contributed by atoms with Gasteiger partial charge in [-0.05, 0) is 37.6 Å². The van der Waals surface area contributed by atoms with Crippen LogP contribution in [0, 0.1) is 0 Å². The van der Waals surface area contributed by atoms with E-state index in [4.69, 9.17) is 0 Å². The SMILES string of the molecule is COC(=O)/C=C(/Nc1ccc2c(c1)C(C)(C)C(=O)N2C)C(=O)OC. The van der Waals surface area contributed by atoms with Crippen LogP contribution in [0.1, 0.15) is 19.4 Å². The Morgan fingerprint density at radius 2 is 1.88 bits per heavy atom. The summed E-state index contributed by atoms with van der Waals surface area (Å²) in [6.45, 7) is 3.68. The van der Waals surface area contributed by atoms with Gasteiger partial charge in [0.05, 0.1) is 25.7 Å². The average molecular weight is 332 g/mol. The number of likely N-dealkylation sites (N-methyl/N-ethyl adjacent to an activating group) is 1. The summed E-state index contributed by atoms with van der Waals surface area (Å²) in [5.41, 5.74) is 1.49. The minimum absolute atomic E-state index is 0.00653. The summed E-state index contributed by atoms with van der Waals surface area (Å²) in [6.07, 6.45) is 1.02. The molecule has 0 radical (unpaired) electrons. The third-order valence-corrected chi connectivity index (χ3v) is 4.02. The lowest BCUT2D eigenvalue weighted by Crippen LogP contribution is -2.33. The molecular formula is C17H20N2O5. The van der Waals surface area contributed by atoms with Crippen LogP contribution in [0.4, 0.5) is 11.4 Å². The largest absolute Gasteiger partial charge is 0.466 e. The zero-order chi connectivity index (χ0) is 18.1. The Hall–Kier alpha value is -2.83. The normalized spacial score (nSPS) is 15.8. The zero-order valence-corrected chi connectivity index (χ0v) is 14.3. The van der Waals surface area contributed by atoms with E-state index in [-0.39, 0.29) is 11.6 Å². The van der Waals surface area contributed by atoms with Crippen molar-refractivity contribution in [2.45, 2.75) is 19.3 Å². The summed E-state index contributed by atoms with van der Waals surface area (Å²) < 4.78 is 9.19. The molecule has 0 aliphatic carbocycles. The number of hydrogen-bond acceptors (Lipinski definition) is 6. The van der Waals surface area contributed by atoms with E-state index in [1.165, 1.54) is 14.2 Å². The number of ether oxygens (including phenoxy) is 2. The Morgan fingerprint density at radius 3 is 2.46 bits per heavy atom. The van der Waals surface area contributed by atoms with Gasteiger partial charge in [-0.2, -0.15) is 0 Å². The Labute approximate surface area is 140 Å². The summed E-state index contributed by atoms with van der Waals surface area (Å²) in [5.74, 6) is -1.39. The van der Waals surface area contributed by atoms with E-state index in [1.807, 2.05) is 13.8 Å². The molecule has 0 saturated carbocycles. The molecule has 1 aliphatic heterocycles. The number of amides is 1. The molecule has 7 nitrogen and oxygen atoms in total. The minimum atomic E-state index is -0.701. The van der Waals surface area contributed by atoms with Gasteiger partial charge in [0.2, 0.25) is 5.91 Å². The van der Waals surface area contributed by atoms with Crippen molar-refractivity contribution in [1.82, 2.24) is 0 Å². The van der Waals surface area contributed by atoms with Crippen molar-refractivity contribution in [3.63, 3.8) is 0 Å². The molecule has 7 heteroatoms. The second kappa shape index (κ2) is 6.35. The molecule has 1 aromatic rings. The molecule has 0 fully saturated rings. The van der Waals surface area contributed by atoms with Gasteiger partial charge in [-0.3, -0.25) is 4.79 Å². The van der Waals surface area contributed by atoms with E-state index in [1.54, 1.807) is 30.1 Å². The first-order valence-electron chi connectivity index (χ1n) is 7.30. The highest BCUT2D eigenvalue weighted by Gasteiger charge is 2.42. The van der Waals surface area contributed by atoms with Crippen LogP contribution in [0.2, 0.25) is 0 Å². The average Bonchev–Trinajstić information content (AvgIpc) is 2.74. The lowest BCUT2D eigenvalue weighted by molar-refractivity contribution is -0.138. The molecule has 1 aliphatic rings. The van der Waals surface area contributed by atoms with Gasteiger partial charge in [0.1, 0.15) is 5.70 Å². The van der Waals surface area contributed by atoms with E-state index >= 15 is 0 Å². The number of methoxy groups -OCH3 is 2. The third-order valence-electron chi connectivity index (χ3n) is 4.02. The highest BCUT2D eigenvalue weighted by molar-refractivity contribution is 6.07. The second-order valence-corrected chi connectivity index (χ2v) is 5.92. The molecule has 128 valence electrons. The van der Waals surface area contributed by atoms with Crippen molar-refractivity contribution in [2.75, 3.05) is 31.5 Å². The predicted molar refractivity (Wildman–Crippen MR) is 88.6 cm³/mol. The molecule has 24 heavy (non-hydrogen) atoms. The minimum Gasteiger partial charge on any atom is -0.466 e. The Morgan fingerprint density at radius 1 is 1.21 bits per heavy atom. The summed E-state index contributed by atoms with van der Waals surface area (Å²) in [7, 11) is 4.15. The van der Waals surface area contributed by atoms with Gasteiger partial charge in [0.25, 0.3) is 0 Å². The second-order valence-electron chi connectivity index (χ2n) is 5.92. The highest BCUT2D eigenvalue weighted by atomic mass is 16.5. The molecular weight excluding hydrogens is 312 g/mol. The fraction of sp³-hybridized carbons (Fsp3) is 0.353. The van der Waals surface area contributed by atoms with Crippen LogP contribution >= 0.6 is 0 Å². The van der Waals surface area contributed by atoms with E-state index < -0.39 is 17.4 Å². The lowest BCUT2D eigenvalue weighted by atomic mass is 9.86. The van der Waals surface area contributed by atoms with Gasteiger partial charge in [-0.25, -0.2) is 9.59 Å². The number of nitrogens with one attached hydrogen (secondary N) is 1. The summed E-state index contributed by atoms with van der Waals surface area (Å²) >= 11 is 0. The van der Waals surface area contributed by atoms with Gasteiger partial charge in [0.15, 0.2) is 0 Å². The van der Waals surface area contributed by atoms with Crippen LogP contribution in [0.3, 0.4) is 0 Å². The van der Waals surface area contributed by atoms with Crippen LogP contribution in [0.25, 0.3) is 0 Å². The van der Waals surface area contributed by atoms with Gasteiger partial charge in [-0.1, -0.05) is 0 Å². The van der Waals surface area contributed by atoms with Crippen LogP contribution < -0.4 is 10.2 Å². The molecule has 0 bridgehead atoms. The summed E-state index contributed by atoms with van der Waals surface area (Å²) in [4.78, 5) is 37.1. The Bertz CT molecular complexity index is 736. The number of carbonyl (C=O) groups excluding carboxylic acids is 3. The van der Waals surface area contributed by atoms with Crippen molar-refractivity contribution >= 4 is 29.2 Å². The number of fused-ring (bicyclic) bond motifs is 1. The van der Waals surface area contributed by atoms with E-state index in [2.05, 4.69) is 14.8 Å². The standard InChI is InChI=1S/C17H20N2O5/c1-17(2)11-8-10(6-7-13(11)19(3)16(17)22)18-12(15(21)24-5)9-14(20)23-4/h6-9,18H,1-5H3/b12-9+. The molecule has 0 spiro atoms. The molecule has 0 aromatic heterocycles. The quantitative estimate of drug-likeness (QED) is 0.666. The predicted octanol–water partition coefficient (Wildman–Crippen LogP) is 1.58. The number of hydrogen-bond donors (Lipinski definition) is 1. The monoisotopic (exact) mass is 332 g/mol. The smallest absolute Gasteiger partial charge is 0.354 e. The van der Waals surface area contributed by atoms with Gasteiger partial charge in [0, 0.05) is 18.4 Å². The van der Waals surface area contributed by atoms with Crippen molar-refractivity contribution in [3.05, 3.63) is 35.5 Å². The Balaban J connectivity index is 2.39. The van der Waals surface area contributed by atoms with Crippen molar-refractivity contribution in [1.29, 1.82) is 0 Å². The fourth-order valence-electron chi connectivity index (χ4n) is 2.64. The number of anilines is 2. The lowest BCUT2D eigenvalue weighted by Gasteiger charge is -2.17. The van der Waals surface area contributed by atoms with Crippen molar-refractivity contribution < 1.29 is 23.9 Å². The van der Waals surface area contributed by atoms with E-state index in [9.17, 15) is 14.4 Å². The zero-order valence-electron chi connectivity index (χ0n) is 14.3. The van der Waals surface area contributed by atoms with E-state index in [0.29, 0.717) is 5.69 Å². The molecule has 1 aromatic carbocycles. The topological polar surface area (TPSA) is 84.9 Å². The van der Waals surface area contributed by atoms with Gasteiger partial charge in [-0.15, -0.1) is 0 Å². The number of nitrogens with zero attached hydrogens (tertiary/aromatic N) is 1. The molecule has 0 unspecified atom stereocenters. The molecule has 1 N–H and O–H groups in total. The van der Waals surface area contributed by atoms with Crippen LogP contribution in [0.5, 0.6) is 0 Å². The number of esters is 2. The fourth-order valence-corrected chi connectivity index (χ4v) is 2.64. The van der Waals surface area contributed by atoms with Crippen LogP contribution in [-0.4, -0.2) is 39.1 Å².